The molecule has 0 aliphatic rings. The van der Waals surface area contributed by atoms with Crippen LogP contribution in [0.4, 0.5) is 22.0 Å². The Bertz CT molecular complexity index is 1440. The van der Waals surface area contributed by atoms with Crippen LogP contribution >= 0.6 is 0 Å². The number of nitrogens with zero attached hydrogens (tertiary/aromatic N) is 5. The van der Waals surface area contributed by atoms with Crippen molar-refractivity contribution in [1.29, 1.82) is 0 Å². The Morgan fingerprint density at radius 1 is 0.848 bits per heavy atom. The fourth-order valence-corrected chi connectivity index (χ4v) is 3.33. The molecule has 0 bridgehead atoms. The van der Waals surface area contributed by atoms with Crippen molar-refractivity contribution in [2.75, 3.05) is 0 Å². The predicted molar refractivity (Wildman–Crippen MR) is 107 cm³/mol. The quantitative estimate of drug-likeness (QED) is 0.307. The van der Waals surface area contributed by atoms with Gasteiger partial charge >= 0.3 is 6.18 Å². The summed E-state index contributed by atoms with van der Waals surface area (Å²) in [5.41, 5.74) is -0.0752. The molecule has 3 heterocycles. The number of benzene rings is 2. The SMILES string of the molecule is FC(F)c1cc(-c2ccccc2)nc2c(-c3nnc(-c4cccc(C(F)(F)F)c4)o3)cnn12. The van der Waals surface area contributed by atoms with Crippen molar-refractivity contribution in [3.8, 4) is 34.2 Å². The molecule has 0 aliphatic carbocycles. The van der Waals surface area contributed by atoms with Crippen LogP contribution in [0, 0.1) is 0 Å². The van der Waals surface area contributed by atoms with E-state index in [0.717, 1.165) is 16.6 Å². The lowest BCUT2D eigenvalue weighted by Crippen LogP contribution is -2.04. The Hall–Kier alpha value is -4.15. The molecule has 0 unspecified atom stereocenters. The van der Waals surface area contributed by atoms with Gasteiger partial charge in [-0.3, -0.25) is 0 Å². The Kier molecular flexibility index (Phi) is 4.88. The molecule has 11 heteroatoms. The zero-order chi connectivity index (χ0) is 23.2. The summed E-state index contributed by atoms with van der Waals surface area (Å²) in [5, 5.41) is 11.7. The van der Waals surface area contributed by atoms with Crippen LogP contribution in [0.1, 0.15) is 17.7 Å². The average molecular weight is 457 g/mol. The van der Waals surface area contributed by atoms with Crippen molar-refractivity contribution in [3.63, 3.8) is 0 Å². The molecule has 0 amide bonds. The molecule has 5 rings (SSSR count). The first-order valence-corrected chi connectivity index (χ1v) is 9.55. The lowest BCUT2D eigenvalue weighted by Gasteiger charge is -2.08. The van der Waals surface area contributed by atoms with Crippen LogP contribution in [-0.4, -0.2) is 24.8 Å². The van der Waals surface area contributed by atoms with Gasteiger partial charge in [0.15, 0.2) is 5.65 Å². The molecular weight excluding hydrogens is 445 g/mol. The first-order valence-electron chi connectivity index (χ1n) is 9.55. The van der Waals surface area contributed by atoms with E-state index in [0.29, 0.717) is 5.56 Å². The van der Waals surface area contributed by atoms with Gasteiger partial charge in [0, 0.05) is 11.1 Å². The van der Waals surface area contributed by atoms with Crippen LogP contribution in [0.5, 0.6) is 0 Å². The summed E-state index contributed by atoms with van der Waals surface area (Å²) in [7, 11) is 0. The molecule has 0 fully saturated rings. The zero-order valence-corrected chi connectivity index (χ0v) is 16.5. The number of hydrogen-bond donors (Lipinski definition) is 0. The fraction of sp³-hybridized carbons (Fsp3) is 0.0909. The van der Waals surface area contributed by atoms with Crippen LogP contribution in [0.3, 0.4) is 0 Å². The number of rotatable bonds is 4. The molecule has 0 aliphatic heterocycles. The van der Waals surface area contributed by atoms with Gasteiger partial charge in [-0.1, -0.05) is 36.4 Å². The average Bonchev–Trinajstić information content (AvgIpc) is 3.45. The second-order valence-electron chi connectivity index (χ2n) is 7.02. The van der Waals surface area contributed by atoms with Crippen LogP contribution in [0.2, 0.25) is 0 Å². The van der Waals surface area contributed by atoms with E-state index in [9.17, 15) is 22.0 Å². The molecule has 0 spiro atoms. The van der Waals surface area contributed by atoms with Gasteiger partial charge in [0.2, 0.25) is 5.89 Å². The van der Waals surface area contributed by atoms with Crippen molar-refractivity contribution in [1.82, 2.24) is 24.8 Å². The second kappa shape index (κ2) is 7.76. The van der Waals surface area contributed by atoms with E-state index in [4.69, 9.17) is 4.42 Å². The highest BCUT2D eigenvalue weighted by atomic mass is 19.4. The lowest BCUT2D eigenvalue weighted by molar-refractivity contribution is -0.137. The molecule has 166 valence electrons. The summed E-state index contributed by atoms with van der Waals surface area (Å²) in [5.74, 6) is -0.279. The van der Waals surface area contributed by atoms with Crippen molar-refractivity contribution in [2.45, 2.75) is 12.6 Å². The predicted octanol–water partition coefficient (Wildman–Crippen LogP) is 6.07. The molecule has 0 radical (unpaired) electrons. The van der Waals surface area contributed by atoms with Gasteiger partial charge < -0.3 is 4.42 Å². The standard InChI is InChI=1S/C22H12F5N5O/c23-18(24)17-10-16(12-5-2-1-3-6-12)29-19-15(11-28-32(17)19)21-31-30-20(33-21)13-7-4-8-14(9-13)22(25,26)27/h1-11,18H. The van der Waals surface area contributed by atoms with E-state index in [1.54, 1.807) is 30.3 Å². The molecule has 0 saturated heterocycles. The van der Waals surface area contributed by atoms with Crippen molar-refractivity contribution in [2.24, 2.45) is 0 Å². The maximum Gasteiger partial charge on any atom is 0.416 e. The van der Waals surface area contributed by atoms with Crippen LogP contribution in [0.15, 0.2) is 71.3 Å². The molecule has 5 aromatic rings. The van der Waals surface area contributed by atoms with Gasteiger partial charge in [-0.2, -0.15) is 18.3 Å². The smallest absolute Gasteiger partial charge is 0.416 e. The highest BCUT2D eigenvalue weighted by Crippen LogP contribution is 2.34. The number of aromatic nitrogens is 5. The first kappa shape index (κ1) is 20.7. The number of alkyl halides is 5. The third kappa shape index (κ3) is 3.81. The first-order chi connectivity index (χ1) is 15.8. The van der Waals surface area contributed by atoms with E-state index >= 15 is 0 Å². The molecule has 2 aromatic carbocycles. The largest absolute Gasteiger partial charge is 0.416 e. The van der Waals surface area contributed by atoms with Crippen molar-refractivity contribution in [3.05, 3.63) is 78.1 Å². The van der Waals surface area contributed by atoms with Crippen LogP contribution in [-0.2, 0) is 6.18 Å². The topological polar surface area (TPSA) is 69.1 Å². The van der Waals surface area contributed by atoms with Crippen molar-refractivity contribution < 1.29 is 26.4 Å². The Labute approximate surface area is 182 Å². The maximum atomic E-state index is 13.7. The van der Waals surface area contributed by atoms with Gasteiger partial charge in [-0.25, -0.2) is 18.3 Å². The fourth-order valence-electron chi connectivity index (χ4n) is 3.33. The minimum atomic E-state index is -4.54. The molecular formula is C22H12F5N5O. The third-order valence-electron chi connectivity index (χ3n) is 4.88. The highest BCUT2D eigenvalue weighted by Gasteiger charge is 2.31. The maximum absolute atomic E-state index is 13.7. The lowest BCUT2D eigenvalue weighted by atomic mass is 10.1. The van der Waals surface area contributed by atoms with Crippen LogP contribution < -0.4 is 0 Å². The summed E-state index contributed by atoms with van der Waals surface area (Å²) in [4.78, 5) is 4.44. The Morgan fingerprint density at radius 2 is 1.58 bits per heavy atom. The minimum absolute atomic E-state index is 0.0471. The summed E-state index contributed by atoms with van der Waals surface area (Å²) >= 11 is 0. The van der Waals surface area contributed by atoms with E-state index < -0.39 is 18.2 Å². The Morgan fingerprint density at radius 3 is 2.30 bits per heavy atom. The van der Waals surface area contributed by atoms with E-state index in [2.05, 4.69) is 20.3 Å². The minimum Gasteiger partial charge on any atom is -0.416 e. The molecule has 33 heavy (non-hydrogen) atoms. The summed E-state index contributed by atoms with van der Waals surface area (Å²) < 4.78 is 73.1. The number of fused-ring (bicyclic) bond motifs is 1. The zero-order valence-electron chi connectivity index (χ0n) is 16.5. The highest BCUT2D eigenvalue weighted by molar-refractivity contribution is 5.75. The number of hydrogen-bond acceptors (Lipinski definition) is 5. The van der Waals surface area contributed by atoms with Crippen molar-refractivity contribution >= 4 is 5.65 Å². The summed E-state index contributed by atoms with van der Waals surface area (Å²) in [6, 6.07) is 14.4. The number of halogens is 5. The molecule has 6 nitrogen and oxygen atoms in total. The molecule has 0 saturated carbocycles. The van der Waals surface area contributed by atoms with Gasteiger partial charge in [0.1, 0.15) is 11.3 Å². The van der Waals surface area contributed by atoms with Gasteiger partial charge in [-0.05, 0) is 24.3 Å². The Balaban J connectivity index is 1.62. The monoisotopic (exact) mass is 457 g/mol. The van der Waals surface area contributed by atoms with Gasteiger partial charge in [0.05, 0.1) is 17.5 Å². The van der Waals surface area contributed by atoms with E-state index in [1.165, 1.54) is 24.4 Å². The third-order valence-corrected chi connectivity index (χ3v) is 4.88. The van der Waals surface area contributed by atoms with Gasteiger partial charge in [-0.15, -0.1) is 10.2 Å². The van der Waals surface area contributed by atoms with Crippen LogP contribution in [0.25, 0.3) is 39.8 Å². The molecule has 0 atom stereocenters. The van der Waals surface area contributed by atoms with E-state index in [-0.39, 0.29) is 39.9 Å². The summed E-state index contributed by atoms with van der Waals surface area (Å²) in [6.07, 6.45) is -6.13. The normalized spacial score (nSPS) is 12.1. The second-order valence-corrected chi connectivity index (χ2v) is 7.02. The molecule has 3 aromatic heterocycles. The summed E-state index contributed by atoms with van der Waals surface area (Å²) in [6.45, 7) is 0. The molecule has 0 N–H and O–H groups in total. The van der Waals surface area contributed by atoms with Gasteiger partial charge in [0.25, 0.3) is 12.3 Å². The van der Waals surface area contributed by atoms with E-state index in [1.807, 2.05) is 0 Å².